The van der Waals surface area contributed by atoms with Crippen LogP contribution >= 0.6 is 11.3 Å². The van der Waals surface area contributed by atoms with Crippen LogP contribution in [0.1, 0.15) is 51.4 Å². The molecule has 5 rings (SSSR count). The molecule has 1 saturated heterocycles. The highest BCUT2D eigenvalue weighted by Crippen LogP contribution is 2.30. The number of aliphatic hydroxyl groups is 1. The summed E-state index contributed by atoms with van der Waals surface area (Å²) in [6.45, 7) is 10.3. The summed E-state index contributed by atoms with van der Waals surface area (Å²) in [5.41, 5.74) is 2.36. The van der Waals surface area contributed by atoms with Crippen LogP contribution in [0.4, 0.5) is 4.79 Å². The lowest BCUT2D eigenvalue weighted by Crippen LogP contribution is -2.59. The van der Waals surface area contributed by atoms with Gasteiger partial charge in [0.05, 0.1) is 35.5 Å². The molecule has 1 aliphatic heterocycles. The Balaban J connectivity index is 1.36. The number of carbonyl (C=O) groups excluding carboxylic acids is 2. The molecule has 0 radical (unpaired) electrons. The number of nitrogens with one attached hydrogen (secondary N) is 1. The highest BCUT2D eigenvalue weighted by Gasteiger charge is 2.44. The van der Waals surface area contributed by atoms with Crippen LogP contribution in [0.15, 0.2) is 94.6 Å². The zero-order valence-corrected chi connectivity index (χ0v) is 32.9. The van der Waals surface area contributed by atoms with E-state index in [9.17, 15) is 23.1 Å². The van der Waals surface area contributed by atoms with Crippen molar-refractivity contribution in [3.05, 3.63) is 101 Å². The number of nitrogens with zero attached hydrogens (tertiary/aromatic N) is 6. The Morgan fingerprint density at radius 2 is 1.72 bits per heavy atom. The van der Waals surface area contributed by atoms with Crippen LogP contribution in [-0.2, 0) is 27.8 Å². The van der Waals surface area contributed by atoms with Crippen LogP contribution in [0.2, 0.25) is 0 Å². The number of oxime groups is 1. The highest BCUT2D eigenvalue weighted by atomic mass is 32.2. The molecule has 54 heavy (non-hydrogen) atoms. The molecule has 13 nitrogen and oxygen atoms in total. The van der Waals surface area contributed by atoms with Gasteiger partial charge in [0.1, 0.15) is 11.0 Å². The molecule has 3 N–H and O–H groups in total. The second-order valence-corrected chi connectivity index (χ2v) is 17.7. The lowest BCUT2D eigenvalue weighted by Gasteiger charge is -2.38. The van der Waals surface area contributed by atoms with Gasteiger partial charge in [-0.25, -0.2) is 18.2 Å². The van der Waals surface area contributed by atoms with Crippen molar-refractivity contribution >= 4 is 39.5 Å². The van der Waals surface area contributed by atoms with E-state index in [1.165, 1.54) is 46.1 Å². The van der Waals surface area contributed by atoms with E-state index in [1.54, 1.807) is 22.2 Å². The predicted octanol–water partition coefficient (Wildman–Crippen LogP) is 5.10. The van der Waals surface area contributed by atoms with Gasteiger partial charge < -0.3 is 25.4 Å². The highest BCUT2D eigenvalue weighted by molar-refractivity contribution is 7.89. The summed E-state index contributed by atoms with van der Waals surface area (Å²) in [7, 11) is -4.08. The third-order valence-electron chi connectivity index (χ3n) is 9.11. The number of hydrogen-bond acceptors (Lipinski definition) is 10. The van der Waals surface area contributed by atoms with E-state index >= 15 is 0 Å². The van der Waals surface area contributed by atoms with Gasteiger partial charge in [0.25, 0.3) is 0 Å². The van der Waals surface area contributed by atoms with Gasteiger partial charge in [0, 0.05) is 49.5 Å². The lowest BCUT2D eigenvalue weighted by atomic mass is 9.84. The largest absolute Gasteiger partial charge is 0.411 e. The van der Waals surface area contributed by atoms with Gasteiger partial charge in [-0.1, -0.05) is 82.2 Å². The SMILES string of the molecule is CC(C)CN(C[C@@H](O)[C@H](Cc1ccccc1)NC(=O)[C@@H](N1CCN(Cc2csc(-c3ccncc3)n2)C1=O)C(C)(C)C)S(=O)(=O)c1ccc(/C=N/O)cc1. The average Bonchev–Trinajstić information content (AvgIpc) is 3.74. The van der Waals surface area contributed by atoms with E-state index in [4.69, 9.17) is 10.2 Å². The number of rotatable bonds is 16. The third-order valence-corrected chi connectivity index (χ3v) is 11.9. The number of amides is 3. The van der Waals surface area contributed by atoms with Gasteiger partial charge in [-0.15, -0.1) is 11.3 Å². The predicted molar refractivity (Wildman–Crippen MR) is 209 cm³/mol. The molecule has 0 spiro atoms. The molecular weight excluding hydrogens is 727 g/mol. The van der Waals surface area contributed by atoms with Gasteiger partial charge in [-0.05, 0) is 53.1 Å². The first kappa shape index (κ1) is 40.5. The fourth-order valence-electron chi connectivity index (χ4n) is 6.56. The summed E-state index contributed by atoms with van der Waals surface area (Å²) in [4.78, 5) is 40.4. The van der Waals surface area contributed by atoms with E-state index in [0.29, 0.717) is 25.2 Å². The minimum absolute atomic E-state index is 0.0187. The summed E-state index contributed by atoms with van der Waals surface area (Å²) in [6, 6.07) is 17.0. The van der Waals surface area contributed by atoms with Gasteiger partial charge in [-0.2, -0.15) is 4.31 Å². The Bertz CT molecular complexity index is 1980. The first-order valence-corrected chi connectivity index (χ1v) is 20.2. The summed E-state index contributed by atoms with van der Waals surface area (Å²) in [6.07, 6.45) is 3.52. The number of benzene rings is 2. The van der Waals surface area contributed by atoms with Crippen molar-refractivity contribution in [2.24, 2.45) is 16.5 Å². The Kier molecular flexibility index (Phi) is 13.2. The fraction of sp³-hybridized carbons (Fsp3) is 0.410. The molecule has 1 fully saturated rings. The number of carbonyl (C=O) groups is 2. The summed E-state index contributed by atoms with van der Waals surface area (Å²) in [5.74, 6) is -0.512. The standard InChI is InChI=1S/C39H49N7O6S2/c1-27(2)23-45(54(51,52)32-13-11-29(12-14-32)22-41-50)25-34(47)33(21-28-9-7-6-8-10-28)43-36(48)35(39(3,4)5)46-20-19-44(38(46)49)24-31-26-53-37(42-31)30-15-17-40-18-16-30/h6-18,22,26-27,33-35,47,50H,19-21,23-25H2,1-5H3,(H,43,48)/b41-22+/t33-,34+,35+/m0/s1. The van der Waals surface area contributed by atoms with Crippen molar-refractivity contribution < 1.29 is 28.3 Å². The van der Waals surface area contributed by atoms with Crippen LogP contribution in [0.25, 0.3) is 10.6 Å². The van der Waals surface area contributed by atoms with Crippen molar-refractivity contribution in [3.8, 4) is 10.6 Å². The molecule has 0 bridgehead atoms. The molecule has 0 unspecified atom stereocenters. The van der Waals surface area contributed by atoms with Crippen molar-refractivity contribution in [1.82, 2.24) is 29.4 Å². The maximum absolute atomic E-state index is 14.4. The van der Waals surface area contributed by atoms with Gasteiger partial charge in [0.15, 0.2) is 0 Å². The van der Waals surface area contributed by atoms with E-state index in [1.807, 2.05) is 82.5 Å². The number of sulfonamides is 1. The van der Waals surface area contributed by atoms with Gasteiger partial charge in [-0.3, -0.25) is 9.78 Å². The molecule has 0 aliphatic carbocycles. The molecule has 2 aromatic carbocycles. The number of aliphatic hydroxyl groups excluding tert-OH is 1. The summed E-state index contributed by atoms with van der Waals surface area (Å²) < 4.78 is 29.1. The zero-order chi connectivity index (χ0) is 39.0. The Morgan fingerprint density at radius 1 is 1.04 bits per heavy atom. The molecule has 0 saturated carbocycles. The molecular formula is C39H49N7O6S2. The Hall–Kier alpha value is -4.70. The van der Waals surface area contributed by atoms with Crippen LogP contribution in [0, 0.1) is 11.3 Å². The lowest BCUT2D eigenvalue weighted by molar-refractivity contribution is -0.130. The van der Waals surface area contributed by atoms with Crippen molar-refractivity contribution in [3.63, 3.8) is 0 Å². The van der Waals surface area contributed by atoms with Crippen molar-refractivity contribution in [1.29, 1.82) is 0 Å². The molecule has 3 atom stereocenters. The number of hydrogen-bond donors (Lipinski definition) is 3. The number of urea groups is 1. The van der Waals surface area contributed by atoms with Crippen LogP contribution in [0.5, 0.6) is 0 Å². The third kappa shape index (κ3) is 10.1. The maximum Gasteiger partial charge on any atom is 0.321 e. The van der Waals surface area contributed by atoms with Crippen molar-refractivity contribution in [2.45, 2.75) is 70.7 Å². The molecule has 3 heterocycles. The molecule has 4 aromatic rings. The molecule has 288 valence electrons. The van der Waals surface area contributed by atoms with Gasteiger partial charge >= 0.3 is 6.03 Å². The van der Waals surface area contributed by atoms with Crippen LogP contribution in [-0.4, -0.2) is 105 Å². The molecule has 15 heteroatoms. The minimum atomic E-state index is -4.08. The average molecular weight is 776 g/mol. The van der Waals surface area contributed by atoms with Gasteiger partial charge in [0.2, 0.25) is 15.9 Å². The van der Waals surface area contributed by atoms with Crippen LogP contribution in [0.3, 0.4) is 0 Å². The first-order chi connectivity index (χ1) is 25.7. The minimum Gasteiger partial charge on any atom is -0.411 e. The fourth-order valence-corrected chi connectivity index (χ4v) is 9.00. The Labute approximate surface area is 321 Å². The second kappa shape index (κ2) is 17.6. The van der Waals surface area contributed by atoms with Crippen LogP contribution < -0.4 is 5.32 Å². The number of pyridine rings is 1. The normalized spacial score (nSPS) is 15.7. The monoisotopic (exact) mass is 775 g/mol. The van der Waals surface area contributed by atoms with E-state index in [-0.39, 0.29) is 36.4 Å². The molecule has 3 amide bonds. The van der Waals surface area contributed by atoms with E-state index < -0.39 is 39.5 Å². The quantitative estimate of drug-likeness (QED) is 0.0803. The van der Waals surface area contributed by atoms with E-state index in [2.05, 4.69) is 15.5 Å². The molecule has 2 aromatic heterocycles. The van der Waals surface area contributed by atoms with E-state index in [0.717, 1.165) is 21.8 Å². The Morgan fingerprint density at radius 3 is 2.35 bits per heavy atom. The summed E-state index contributed by atoms with van der Waals surface area (Å²) in [5, 5.41) is 29.5. The van der Waals surface area contributed by atoms with Crippen molar-refractivity contribution in [2.75, 3.05) is 26.2 Å². The maximum atomic E-state index is 14.4. The number of aromatic nitrogens is 2. The first-order valence-electron chi connectivity index (χ1n) is 17.9. The number of thiazole rings is 1. The zero-order valence-electron chi connectivity index (χ0n) is 31.2. The summed E-state index contributed by atoms with van der Waals surface area (Å²) >= 11 is 1.49. The topological polar surface area (TPSA) is 169 Å². The smallest absolute Gasteiger partial charge is 0.321 e. The second-order valence-electron chi connectivity index (χ2n) is 14.9. The molecule has 1 aliphatic rings.